The summed E-state index contributed by atoms with van der Waals surface area (Å²) in [5.74, 6) is 0.365. The fourth-order valence-corrected chi connectivity index (χ4v) is 0.809. The van der Waals surface area contributed by atoms with E-state index in [9.17, 15) is 0 Å². The highest BCUT2D eigenvalue weighted by molar-refractivity contribution is 5.23. The van der Waals surface area contributed by atoms with Crippen LogP contribution in [-0.2, 0) is 0 Å². The molecule has 1 aliphatic heterocycles. The normalized spacial score (nSPS) is 31.8. The van der Waals surface area contributed by atoms with Crippen LogP contribution >= 0.6 is 0 Å². The van der Waals surface area contributed by atoms with Gasteiger partial charge < -0.3 is 11.5 Å². The van der Waals surface area contributed by atoms with E-state index in [1.807, 2.05) is 13.8 Å². The summed E-state index contributed by atoms with van der Waals surface area (Å²) in [5, 5.41) is 7.65. The third-order valence-electron chi connectivity index (χ3n) is 1.92. The second-order valence-electron chi connectivity index (χ2n) is 2.63. The summed E-state index contributed by atoms with van der Waals surface area (Å²) < 4.78 is 0. The maximum Gasteiger partial charge on any atom is 0.167 e. The van der Waals surface area contributed by atoms with Gasteiger partial charge in [-0.1, -0.05) is 6.92 Å². The first-order valence-corrected chi connectivity index (χ1v) is 3.29. The molecule has 4 nitrogen and oxygen atoms in total. The Balaban J connectivity index is 2.96. The fourth-order valence-electron chi connectivity index (χ4n) is 0.809. The van der Waals surface area contributed by atoms with Crippen LogP contribution in [0.5, 0.6) is 0 Å². The SMILES string of the molecule is CCC1(C)N=NC(N)=C1N. The van der Waals surface area contributed by atoms with Crippen LogP contribution in [0.4, 0.5) is 0 Å². The molecule has 0 spiro atoms. The van der Waals surface area contributed by atoms with Gasteiger partial charge in [-0.25, -0.2) is 0 Å². The smallest absolute Gasteiger partial charge is 0.167 e. The van der Waals surface area contributed by atoms with Crippen molar-refractivity contribution in [2.45, 2.75) is 25.8 Å². The molecule has 1 rings (SSSR count). The van der Waals surface area contributed by atoms with Crippen molar-refractivity contribution in [3.05, 3.63) is 11.5 Å². The van der Waals surface area contributed by atoms with Gasteiger partial charge in [0.15, 0.2) is 5.82 Å². The Bertz CT molecular complexity index is 206. The molecule has 10 heavy (non-hydrogen) atoms. The molecule has 0 fully saturated rings. The van der Waals surface area contributed by atoms with E-state index in [1.54, 1.807) is 0 Å². The van der Waals surface area contributed by atoms with Gasteiger partial charge in [0.05, 0.1) is 5.70 Å². The number of azo groups is 1. The molecular formula is C6H12N4. The van der Waals surface area contributed by atoms with Crippen LogP contribution in [0.25, 0.3) is 0 Å². The van der Waals surface area contributed by atoms with Crippen LogP contribution in [0.1, 0.15) is 20.3 Å². The van der Waals surface area contributed by atoms with Crippen molar-refractivity contribution in [3.63, 3.8) is 0 Å². The Morgan fingerprint density at radius 3 is 2.30 bits per heavy atom. The Kier molecular flexibility index (Phi) is 1.39. The van der Waals surface area contributed by atoms with Gasteiger partial charge in [0.25, 0.3) is 0 Å². The molecule has 0 amide bonds. The quantitative estimate of drug-likeness (QED) is 0.562. The zero-order valence-electron chi connectivity index (χ0n) is 6.26. The van der Waals surface area contributed by atoms with Crippen LogP contribution in [0.2, 0.25) is 0 Å². The van der Waals surface area contributed by atoms with E-state index < -0.39 is 0 Å². The largest absolute Gasteiger partial charge is 0.397 e. The lowest BCUT2D eigenvalue weighted by Gasteiger charge is -2.17. The van der Waals surface area contributed by atoms with Crippen molar-refractivity contribution in [3.8, 4) is 0 Å². The Morgan fingerprint density at radius 1 is 1.50 bits per heavy atom. The minimum Gasteiger partial charge on any atom is -0.397 e. The Morgan fingerprint density at radius 2 is 2.10 bits per heavy atom. The highest BCUT2D eigenvalue weighted by atomic mass is 15.2. The zero-order valence-corrected chi connectivity index (χ0v) is 6.26. The van der Waals surface area contributed by atoms with Gasteiger partial charge in [0.1, 0.15) is 5.54 Å². The van der Waals surface area contributed by atoms with Crippen molar-refractivity contribution in [1.82, 2.24) is 0 Å². The fraction of sp³-hybridized carbons (Fsp3) is 0.667. The van der Waals surface area contributed by atoms with Crippen LogP contribution in [0, 0.1) is 0 Å². The van der Waals surface area contributed by atoms with E-state index in [2.05, 4.69) is 10.2 Å². The molecule has 4 heteroatoms. The van der Waals surface area contributed by atoms with Gasteiger partial charge in [-0.05, 0) is 13.3 Å². The van der Waals surface area contributed by atoms with Crippen molar-refractivity contribution in [1.29, 1.82) is 0 Å². The van der Waals surface area contributed by atoms with Crippen molar-refractivity contribution >= 4 is 0 Å². The number of nitrogens with zero attached hydrogens (tertiary/aromatic N) is 2. The molecule has 1 atom stereocenters. The van der Waals surface area contributed by atoms with E-state index in [4.69, 9.17) is 11.5 Å². The second-order valence-corrected chi connectivity index (χ2v) is 2.63. The van der Waals surface area contributed by atoms with Crippen molar-refractivity contribution in [2.24, 2.45) is 21.7 Å². The number of hydrogen-bond acceptors (Lipinski definition) is 4. The lowest BCUT2D eigenvalue weighted by atomic mass is 9.97. The first-order valence-electron chi connectivity index (χ1n) is 3.29. The average Bonchev–Trinajstić information content (AvgIpc) is 2.19. The lowest BCUT2D eigenvalue weighted by molar-refractivity contribution is 0.524. The lowest BCUT2D eigenvalue weighted by Crippen LogP contribution is -2.27. The summed E-state index contributed by atoms with van der Waals surface area (Å²) in [4.78, 5) is 0. The van der Waals surface area contributed by atoms with Crippen molar-refractivity contribution in [2.75, 3.05) is 0 Å². The van der Waals surface area contributed by atoms with Crippen LogP contribution in [0.3, 0.4) is 0 Å². The summed E-state index contributed by atoms with van der Waals surface area (Å²) in [7, 11) is 0. The third kappa shape index (κ3) is 0.761. The molecule has 1 unspecified atom stereocenters. The first-order chi connectivity index (χ1) is 4.60. The summed E-state index contributed by atoms with van der Waals surface area (Å²) in [6, 6.07) is 0. The van der Waals surface area contributed by atoms with E-state index in [0.717, 1.165) is 6.42 Å². The summed E-state index contributed by atoms with van der Waals surface area (Å²) in [6.07, 6.45) is 0.836. The van der Waals surface area contributed by atoms with Crippen LogP contribution < -0.4 is 11.5 Å². The summed E-state index contributed by atoms with van der Waals surface area (Å²) in [6.45, 7) is 3.93. The topological polar surface area (TPSA) is 76.8 Å². The van der Waals surface area contributed by atoms with Gasteiger partial charge in [0, 0.05) is 0 Å². The monoisotopic (exact) mass is 140 g/mol. The molecule has 0 aliphatic carbocycles. The molecule has 0 bridgehead atoms. The zero-order chi connectivity index (χ0) is 7.78. The summed E-state index contributed by atoms with van der Waals surface area (Å²) >= 11 is 0. The maximum atomic E-state index is 5.63. The number of rotatable bonds is 1. The molecule has 0 saturated heterocycles. The molecule has 0 radical (unpaired) electrons. The van der Waals surface area contributed by atoms with Crippen LogP contribution in [0.15, 0.2) is 21.7 Å². The molecular weight excluding hydrogens is 128 g/mol. The molecule has 56 valence electrons. The highest BCUT2D eigenvalue weighted by Crippen LogP contribution is 2.28. The minimum atomic E-state index is -0.343. The highest BCUT2D eigenvalue weighted by Gasteiger charge is 2.31. The van der Waals surface area contributed by atoms with E-state index in [0.29, 0.717) is 11.5 Å². The maximum absolute atomic E-state index is 5.63. The molecule has 0 saturated carbocycles. The Hall–Kier alpha value is -1.06. The predicted octanol–water partition coefficient (Wildman–Crippen LogP) is 0.707. The van der Waals surface area contributed by atoms with E-state index >= 15 is 0 Å². The van der Waals surface area contributed by atoms with Gasteiger partial charge in [-0.3, -0.25) is 0 Å². The van der Waals surface area contributed by atoms with Crippen molar-refractivity contribution < 1.29 is 0 Å². The molecule has 1 aliphatic rings. The number of nitrogens with two attached hydrogens (primary N) is 2. The third-order valence-corrected chi connectivity index (χ3v) is 1.92. The summed E-state index contributed by atoms with van der Waals surface area (Å²) in [5.41, 5.74) is 11.3. The average molecular weight is 140 g/mol. The van der Waals surface area contributed by atoms with E-state index in [1.165, 1.54) is 0 Å². The van der Waals surface area contributed by atoms with E-state index in [-0.39, 0.29) is 5.54 Å². The molecule has 0 aromatic carbocycles. The van der Waals surface area contributed by atoms with Gasteiger partial charge in [0.2, 0.25) is 0 Å². The second kappa shape index (κ2) is 1.97. The molecule has 0 aromatic heterocycles. The molecule has 1 heterocycles. The standard InChI is InChI=1S/C6H12N4/c1-3-6(2)4(7)5(8)9-10-6/h3,7-8H2,1-2H3. The molecule has 4 N–H and O–H groups in total. The van der Waals surface area contributed by atoms with Gasteiger partial charge >= 0.3 is 0 Å². The first kappa shape index (κ1) is 7.05. The Labute approximate surface area is 60.0 Å². The van der Waals surface area contributed by atoms with Crippen LogP contribution in [-0.4, -0.2) is 5.54 Å². The predicted molar refractivity (Wildman–Crippen MR) is 39.0 cm³/mol. The number of hydrogen-bond donors (Lipinski definition) is 2. The minimum absolute atomic E-state index is 0.343. The van der Waals surface area contributed by atoms with Gasteiger partial charge in [-0.15, -0.1) is 5.11 Å². The van der Waals surface area contributed by atoms with Gasteiger partial charge in [-0.2, -0.15) is 5.11 Å². The molecule has 0 aromatic rings.